The first-order chi connectivity index (χ1) is 9.58. The molecule has 0 spiro atoms. The molecule has 108 valence electrons. The molecular weight excluding hydrogens is 259 g/mol. The van der Waals surface area contributed by atoms with Gasteiger partial charge in [0.2, 0.25) is 0 Å². The van der Waals surface area contributed by atoms with Crippen molar-refractivity contribution in [1.29, 1.82) is 0 Å². The van der Waals surface area contributed by atoms with E-state index >= 15 is 0 Å². The molecule has 2 aromatic rings. The van der Waals surface area contributed by atoms with E-state index in [0.717, 1.165) is 12.1 Å². The van der Waals surface area contributed by atoms with Crippen LogP contribution in [0.25, 0.3) is 0 Å². The Morgan fingerprint density at radius 1 is 1.40 bits per heavy atom. The lowest BCUT2D eigenvalue weighted by molar-refractivity contribution is 0.285. The van der Waals surface area contributed by atoms with Gasteiger partial charge in [0.1, 0.15) is 24.5 Å². The van der Waals surface area contributed by atoms with E-state index in [-0.39, 0.29) is 18.5 Å². The molecule has 20 heavy (non-hydrogen) atoms. The second-order valence-corrected chi connectivity index (χ2v) is 4.76. The number of hydrogen-bond donors (Lipinski definition) is 1. The van der Waals surface area contributed by atoms with Crippen LogP contribution in [0.4, 0.5) is 4.39 Å². The van der Waals surface area contributed by atoms with Crippen LogP contribution in [0, 0.1) is 5.82 Å². The molecule has 1 aromatic heterocycles. The fraction of sp³-hybridized carbons (Fsp3) is 0.429. The van der Waals surface area contributed by atoms with Crippen molar-refractivity contribution in [2.75, 3.05) is 0 Å². The van der Waals surface area contributed by atoms with Crippen LogP contribution in [0.15, 0.2) is 24.5 Å². The highest BCUT2D eigenvalue weighted by atomic mass is 19.1. The molecule has 1 aromatic carbocycles. The standard InChI is InChI=1S/C14H19FN4O/c1-3-19-14(17-9-18-19)8-20-13-6-11(4-10(2)16)5-12(15)7-13/h5-7,9-10H,3-4,8,16H2,1-2H3. The van der Waals surface area contributed by atoms with E-state index in [1.54, 1.807) is 10.7 Å². The molecule has 0 aliphatic rings. The monoisotopic (exact) mass is 278 g/mol. The second-order valence-electron chi connectivity index (χ2n) is 4.76. The summed E-state index contributed by atoms with van der Waals surface area (Å²) in [5.74, 6) is 0.868. The highest BCUT2D eigenvalue weighted by molar-refractivity contribution is 5.30. The third-order valence-corrected chi connectivity index (χ3v) is 2.85. The maximum Gasteiger partial charge on any atom is 0.164 e. The summed E-state index contributed by atoms with van der Waals surface area (Å²) in [4.78, 5) is 4.11. The van der Waals surface area contributed by atoms with E-state index in [1.807, 2.05) is 13.8 Å². The molecule has 0 bridgehead atoms. The van der Waals surface area contributed by atoms with Gasteiger partial charge >= 0.3 is 0 Å². The molecule has 0 fully saturated rings. The summed E-state index contributed by atoms with van der Waals surface area (Å²) in [7, 11) is 0. The molecule has 1 unspecified atom stereocenters. The fourth-order valence-corrected chi connectivity index (χ4v) is 2.01. The number of aromatic nitrogens is 3. The van der Waals surface area contributed by atoms with Crippen LogP contribution >= 0.6 is 0 Å². The quantitative estimate of drug-likeness (QED) is 0.876. The van der Waals surface area contributed by atoms with Crippen LogP contribution in [0.2, 0.25) is 0 Å². The van der Waals surface area contributed by atoms with E-state index in [9.17, 15) is 4.39 Å². The van der Waals surface area contributed by atoms with Crippen LogP contribution in [-0.2, 0) is 19.6 Å². The molecule has 0 aliphatic carbocycles. The molecule has 2 N–H and O–H groups in total. The molecule has 2 rings (SSSR count). The SMILES string of the molecule is CCn1ncnc1COc1cc(F)cc(CC(C)N)c1. The summed E-state index contributed by atoms with van der Waals surface area (Å²) in [6.07, 6.45) is 2.09. The predicted molar refractivity (Wildman–Crippen MR) is 73.8 cm³/mol. The molecule has 0 radical (unpaired) electrons. The second kappa shape index (κ2) is 6.47. The van der Waals surface area contributed by atoms with E-state index < -0.39 is 0 Å². The molecule has 0 saturated heterocycles. The van der Waals surface area contributed by atoms with Crippen molar-refractivity contribution in [3.05, 3.63) is 41.7 Å². The van der Waals surface area contributed by atoms with Gasteiger partial charge in [-0.05, 0) is 38.0 Å². The highest BCUT2D eigenvalue weighted by Gasteiger charge is 2.07. The van der Waals surface area contributed by atoms with E-state index in [2.05, 4.69) is 10.1 Å². The number of aryl methyl sites for hydroxylation is 1. The Labute approximate surface area is 117 Å². The average Bonchev–Trinajstić information content (AvgIpc) is 2.82. The summed E-state index contributed by atoms with van der Waals surface area (Å²) in [6.45, 7) is 4.84. The van der Waals surface area contributed by atoms with Gasteiger partial charge in [-0.1, -0.05) is 0 Å². The summed E-state index contributed by atoms with van der Waals surface area (Å²) in [5.41, 5.74) is 6.55. The third-order valence-electron chi connectivity index (χ3n) is 2.85. The molecule has 0 aliphatic heterocycles. The molecule has 5 nitrogen and oxygen atoms in total. The summed E-state index contributed by atoms with van der Waals surface area (Å²) in [6, 6.07) is 4.62. The minimum Gasteiger partial charge on any atom is -0.486 e. The van der Waals surface area contributed by atoms with Crippen LogP contribution in [0.5, 0.6) is 5.75 Å². The van der Waals surface area contributed by atoms with Gasteiger partial charge in [0.05, 0.1) is 0 Å². The zero-order valence-electron chi connectivity index (χ0n) is 11.7. The van der Waals surface area contributed by atoms with Gasteiger partial charge in [-0.2, -0.15) is 5.10 Å². The van der Waals surface area contributed by atoms with Crippen LogP contribution < -0.4 is 10.5 Å². The Hall–Kier alpha value is -1.95. The summed E-state index contributed by atoms with van der Waals surface area (Å²) in [5, 5.41) is 4.06. The van der Waals surface area contributed by atoms with E-state index in [0.29, 0.717) is 18.0 Å². The van der Waals surface area contributed by atoms with Crippen molar-refractivity contribution in [3.63, 3.8) is 0 Å². The Morgan fingerprint density at radius 2 is 2.20 bits per heavy atom. The molecule has 1 atom stereocenters. The van der Waals surface area contributed by atoms with Gasteiger partial charge in [-0.15, -0.1) is 0 Å². The topological polar surface area (TPSA) is 66.0 Å². The number of nitrogens with zero attached hydrogens (tertiary/aromatic N) is 3. The largest absolute Gasteiger partial charge is 0.486 e. The first kappa shape index (κ1) is 14.5. The zero-order valence-corrected chi connectivity index (χ0v) is 11.7. The Morgan fingerprint density at radius 3 is 2.90 bits per heavy atom. The predicted octanol–water partition coefficient (Wildman–Crippen LogP) is 1.91. The van der Waals surface area contributed by atoms with Crippen molar-refractivity contribution >= 4 is 0 Å². The maximum atomic E-state index is 13.5. The fourth-order valence-electron chi connectivity index (χ4n) is 2.01. The number of nitrogens with two attached hydrogens (primary N) is 1. The van der Waals surface area contributed by atoms with Crippen molar-refractivity contribution in [2.24, 2.45) is 5.73 Å². The third kappa shape index (κ3) is 3.77. The van der Waals surface area contributed by atoms with Crippen LogP contribution in [0.3, 0.4) is 0 Å². The lowest BCUT2D eigenvalue weighted by Gasteiger charge is -2.10. The van der Waals surface area contributed by atoms with Gasteiger partial charge in [0, 0.05) is 18.7 Å². The zero-order chi connectivity index (χ0) is 14.5. The van der Waals surface area contributed by atoms with Crippen molar-refractivity contribution in [2.45, 2.75) is 39.5 Å². The van der Waals surface area contributed by atoms with Crippen LogP contribution in [-0.4, -0.2) is 20.8 Å². The van der Waals surface area contributed by atoms with E-state index in [1.165, 1.54) is 18.5 Å². The number of benzene rings is 1. The van der Waals surface area contributed by atoms with Crippen molar-refractivity contribution in [3.8, 4) is 5.75 Å². The molecular formula is C14H19FN4O. The molecule has 0 saturated carbocycles. The van der Waals surface area contributed by atoms with E-state index in [4.69, 9.17) is 10.5 Å². The van der Waals surface area contributed by atoms with Gasteiger partial charge in [-0.25, -0.2) is 14.1 Å². The highest BCUT2D eigenvalue weighted by Crippen LogP contribution is 2.18. The average molecular weight is 278 g/mol. The number of hydrogen-bond acceptors (Lipinski definition) is 4. The van der Waals surface area contributed by atoms with Gasteiger partial charge in [-0.3, -0.25) is 0 Å². The maximum absolute atomic E-state index is 13.5. The molecule has 0 amide bonds. The minimum atomic E-state index is -0.324. The Balaban J connectivity index is 2.07. The lowest BCUT2D eigenvalue weighted by atomic mass is 10.1. The first-order valence-corrected chi connectivity index (χ1v) is 6.63. The summed E-state index contributed by atoms with van der Waals surface area (Å²) < 4.78 is 20.9. The lowest BCUT2D eigenvalue weighted by Crippen LogP contribution is -2.17. The Kier molecular flexibility index (Phi) is 4.68. The van der Waals surface area contributed by atoms with Crippen molar-refractivity contribution in [1.82, 2.24) is 14.8 Å². The van der Waals surface area contributed by atoms with Gasteiger partial charge < -0.3 is 10.5 Å². The minimum absolute atomic E-state index is 0.0205. The van der Waals surface area contributed by atoms with Crippen LogP contribution in [0.1, 0.15) is 25.2 Å². The normalized spacial score (nSPS) is 12.4. The summed E-state index contributed by atoms with van der Waals surface area (Å²) >= 11 is 0. The van der Waals surface area contributed by atoms with Gasteiger partial charge in [0.25, 0.3) is 0 Å². The molecule has 1 heterocycles. The molecule has 6 heteroatoms. The number of ether oxygens (including phenoxy) is 1. The smallest absolute Gasteiger partial charge is 0.164 e. The van der Waals surface area contributed by atoms with Gasteiger partial charge in [0.15, 0.2) is 5.82 Å². The van der Waals surface area contributed by atoms with Crippen molar-refractivity contribution < 1.29 is 9.13 Å². The number of rotatable bonds is 6. The Bertz CT molecular complexity index is 568. The first-order valence-electron chi connectivity index (χ1n) is 6.63. The number of halogens is 1.